The molecule has 5 nitrogen and oxygen atoms in total. The third-order valence-electron chi connectivity index (χ3n) is 8.75. The number of ether oxygens (including phenoxy) is 1. The van der Waals surface area contributed by atoms with Crippen molar-refractivity contribution in [1.82, 2.24) is 19.3 Å². The molecule has 0 spiro atoms. The van der Waals surface area contributed by atoms with Crippen LogP contribution in [0.4, 0.5) is 0 Å². The van der Waals surface area contributed by atoms with E-state index in [2.05, 4.69) is 105 Å². The molecule has 0 aliphatic heterocycles. The predicted molar refractivity (Wildman–Crippen MR) is 187 cm³/mol. The van der Waals surface area contributed by atoms with Crippen molar-refractivity contribution < 1.29 is 25.8 Å². The van der Waals surface area contributed by atoms with E-state index in [-0.39, 0.29) is 21.1 Å². The van der Waals surface area contributed by atoms with E-state index in [1.165, 1.54) is 16.5 Å². The van der Waals surface area contributed by atoms with Crippen LogP contribution < -0.4 is 4.74 Å². The molecule has 0 fully saturated rings. The molecule has 0 saturated carbocycles. The van der Waals surface area contributed by atoms with Crippen LogP contribution in [-0.4, -0.2) is 19.3 Å². The molecule has 7 rings (SSSR count). The summed E-state index contributed by atoms with van der Waals surface area (Å²) in [5, 5.41) is 7.19. The van der Waals surface area contributed by atoms with Gasteiger partial charge < -0.3 is 9.30 Å². The molecule has 0 radical (unpaired) electrons. The molecule has 0 unspecified atom stereocenters. The quantitative estimate of drug-likeness (QED) is 0.137. The molecule has 0 bridgehead atoms. The maximum Gasteiger partial charge on any atom is 2.00 e. The van der Waals surface area contributed by atoms with Gasteiger partial charge >= 0.3 is 21.1 Å². The minimum atomic E-state index is 0. The van der Waals surface area contributed by atoms with Crippen LogP contribution in [-0.2, 0) is 27.5 Å². The fraction of sp³-hybridized carbons (Fsp3) is 0.220. The number of hydrogen-bond acceptors (Lipinski definition) is 3. The first-order chi connectivity index (χ1) is 22.4. The first kappa shape index (κ1) is 32.5. The second-order valence-corrected chi connectivity index (χ2v) is 12.3. The van der Waals surface area contributed by atoms with Gasteiger partial charge in [0, 0.05) is 34.5 Å². The van der Waals surface area contributed by atoms with Crippen LogP contribution in [0.3, 0.4) is 0 Å². The molecule has 0 atom stereocenters. The van der Waals surface area contributed by atoms with Crippen molar-refractivity contribution in [2.45, 2.75) is 59.8 Å². The van der Waals surface area contributed by atoms with Crippen LogP contribution in [0.25, 0.3) is 44.4 Å². The predicted octanol–water partition coefficient (Wildman–Crippen LogP) is 10.5. The molecule has 0 aliphatic rings. The van der Waals surface area contributed by atoms with Gasteiger partial charge in [0.25, 0.3) is 0 Å². The Bertz CT molecular complexity index is 2180. The Kier molecular flexibility index (Phi) is 9.47. The fourth-order valence-corrected chi connectivity index (χ4v) is 6.36. The maximum absolute atomic E-state index is 6.45. The average molecular weight is 798 g/mol. The average Bonchev–Trinajstić information content (AvgIpc) is 3.56. The third-order valence-corrected chi connectivity index (χ3v) is 8.75. The van der Waals surface area contributed by atoms with Crippen molar-refractivity contribution in [1.29, 1.82) is 0 Å². The van der Waals surface area contributed by atoms with E-state index in [1.54, 1.807) is 0 Å². The number of aromatic nitrogens is 4. The van der Waals surface area contributed by atoms with Gasteiger partial charge in [-0.15, -0.1) is 35.7 Å². The minimum Gasteiger partial charge on any atom is -0.509 e. The first-order valence-corrected chi connectivity index (χ1v) is 16.2. The molecule has 0 amide bonds. The smallest absolute Gasteiger partial charge is 0.509 e. The van der Waals surface area contributed by atoms with Crippen LogP contribution in [0.2, 0.25) is 0 Å². The van der Waals surface area contributed by atoms with Gasteiger partial charge in [-0.2, -0.15) is 17.2 Å². The number of fused-ring (bicyclic) bond motifs is 3. The number of nitrogens with zero attached hydrogens (tertiary/aromatic N) is 4. The third kappa shape index (κ3) is 6.29. The second kappa shape index (κ2) is 13.7. The van der Waals surface area contributed by atoms with Crippen molar-refractivity contribution in [2.24, 2.45) is 0 Å². The summed E-state index contributed by atoms with van der Waals surface area (Å²) in [6, 6.07) is 38.6. The van der Waals surface area contributed by atoms with Gasteiger partial charge in [0.05, 0.1) is 5.69 Å². The van der Waals surface area contributed by atoms with E-state index >= 15 is 0 Å². The summed E-state index contributed by atoms with van der Waals surface area (Å²) in [5.74, 6) is 2.55. The fourth-order valence-electron chi connectivity index (χ4n) is 6.36. The molecular formula is C41H38N4OPt. The normalized spacial score (nSPS) is 11.4. The molecule has 0 saturated heterocycles. The van der Waals surface area contributed by atoms with Crippen LogP contribution in [0, 0.1) is 26.0 Å². The number of hydrogen-bond donors (Lipinski definition) is 0. The number of rotatable bonds is 9. The zero-order valence-corrected chi connectivity index (χ0v) is 29.7. The van der Waals surface area contributed by atoms with E-state index in [0.717, 1.165) is 69.7 Å². The van der Waals surface area contributed by atoms with Crippen molar-refractivity contribution in [3.05, 3.63) is 132 Å². The van der Waals surface area contributed by atoms with Crippen LogP contribution in [0.5, 0.6) is 11.5 Å². The SMILES string of the molecule is CCCCc1ccnc(-n2c3[c-]c(Oc4[c-]c(-n5nc(C)c(-c6ccccc6)c5C)ccc4)ccc3c3cc(C(C)C)ccc32)c1.[Pt+2]. The molecule has 47 heavy (non-hydrogen) atoms. The molecule has 0 aliphatic carbocycles. The summed E-state index contributed by atoms with van der Waals surface area (Å²) in [7, 11) is 0. The first-order valence-electron chi connectivity index (χ1n) is 16.2. The Balaban J connectivity index is 0.00000386. The summed E-state index contributed by atoms with van der Waals surface area (Å²) < 4.78 is 10.6. The Morgan fingerprint density at radius 1 is 0.830 bits per heavy atom. The summed E-state index contributed by atoms with van der Waals surface area (Å²) in [5.41, 5.74) is 9.80. The van der Waals surface area contributed by atoms with Gasteiger partial charge in [0.1, 0.15) is 5.82 Å². The molecule has 3 aromatic heterocycles. The Labute approximate surface area is 291 Å². The van der Waals surface area contributed by atoms with E-state index in [4.69, 9.17) is 14.8 Å². The molecule has 6 heteroatoms. The van der Waals surface area contributed by atoms with Crippen molar-refractivity contribution in [3.8, 4) is 34.1 Å². The zero-order chi connectivity index (χ0) is 31.8. The number of unbranched alkanes of at least 4 members (excludes halogenated alkanes) is 1. The van der Waals surface area contributed by atoms with Crippen LogP contribution in [0.15, 0.2) is 97.2 Å². The topological polar surface area (TPSA) is 44.9 Å². The minimum absolute atomic E-state index is 0. The molecule has 238 valence electrons. The molecular weight excluding hydrogens is 760 g/mol. The van der Waals surface area contributed by atoms with Gasteiger partial charge in [-0.3, -0.25) is 4.68 Å². The molecule has 4 aromatic carbocycles. The van der Waals surface area contributed by atoms with Crippen molar-refractivity contribution in [2.75, 3.05) is 0 Å². The second-order valence-electron chi connectivity index (χ2n) is 12.3. The van der Waals surface area contributed by atoms with E-state index in [1.807, 2.05) is 48.1 Å². The van der Waals surface area contributed by atoms with E-state index in [0.29, 0.717) is 17.4 Å². The van der Waals surface area contributed by atoms with Crippen LogP contribution >= 0.6 is 0 Å². The maximum atomic E-state index is 6.45. The van der Waals surface area contributed by atoms with Crippen molar-refractivity contribution in [3.63, 3.8) is 0 Å². The summed E-state index contributed by atoms with van der Waals surface area (Å²) in [6.07, 6.45) is 5.27. The molecule has 0 N–H and O–H groups in total. The molecule has 7 aromatic rings. The Hall–Kier alpha value is -4.47. The summed E-state index contributed by atoms with van der Waals surface area (Å²) in [4.78, 5) is 4.83. The zero-order valence-electron chi connectivity index (χ0n) is 27.4. The number of pyridine rings is 1. The Morgan fingerprint density at radius 2 is 1.64 bits per heavy atom. The summed E-state index contributed by atoms with van der Waals surface area (Å²) in [6.45, 7) is 10.8. The van der Waals surface area contributed by atoms with Gasteiger partial charge in [-0.1, -0.05) is 75.2 Å². The van der Waals surface area contributed by atoms with Crippen molar-refractivity contribution >= 4 is 21.8 Å². The van der Waals surface area contributed by atoms with Gasteiger partial charge in [-0.05, 0) is 78.6 Å². The largest absolute Gasteiger partial charge is 2.00 e. The van der Waals surface area contributed by atoms with Crippen LogP contribution in [0.1, 0.15) is 62.0 Å². The summed E-state index contributed by atoms with van der Waals surface area (Å²) >= 11 is 0. The number of benzene rings is 4. The standard InChI is InChI=1S/C41H38N4O.Pt/c1-6-7-12-30-21-22-42-40(23-30)44-38-20-17-32(27(2)3)24-37(38)36-19-18-35(26-39(36)44)46-34-16-11-15-33(25-34)45-29(5)41(28(4)43-45)31-13-9-8-10-14-31;/h8-11,13-24,27H,6-7,12H2,1-5H3;/q-2;+2. The number of aryl methyl sites for hydroxylation is 2. The van der Waals surface area contributed by atoms with E-state index in [9.17, 15) is 0 Å². The Morgan fingerprint density at radius 3 is 2.43 bits per heavy atom. The monoisotopic (exact) mass is 797 g/mol. The van der Waals surface area contributed by atoms with Gasteiger partial charge in [-0.25, -0.2) is 4.98 Å². The van der Waals surface area contributed by atoms with Gasteiger partial charge in [0.15, 0.2) is 0 Å². The van der Waals surface area contributed by atoms with E-state index < -0.39 is 0 Å². The molecule has 3 heterocycles. The van der Waals surface area contributed by atoms with Gasteiger partial charge in [0.2, 0.25) is 0 Å².